The molecule has 114 valence electrons. The van der Waals surface area contributed by atoms with Gasteiger partial charge in [-0.2, -0.15) is 0 Å². The zero-order chi connectivity index (χ0) is 14.8. The van der Waals surface area contributed by atoms with E-state index in [1.165, 1.54) is 11.1 Å². The summed E-state index contributed by atoms with van der Waals surface area (Å²) in [5, 5.41) is 3.12. The van der Waals surface area contributed by atoms with Crippen LogP contribution in [0.15, 0.2) is 24.3 Å². The molecule has 4 unspecified atom stereocenters. The van der Waals surface area contributed by atoms with Crippen molar-refractivity contribution in [3.05, 3.63) is 35.4 Å². The Kier molecular flexibility index (Phi) is 4.27. The Morgan fingerprint density at radius 2 is 2.29 bits per heavy atom. The van der Waals surface area contributed by atoms with Gasteiger partial charge in [0.2, 0.25) is 5.91 Å². The molecule has 1 aromatic rings. The van der Waals surface area contributed by atoms with Crippen molar-refractivity contribution >= 4 is 5.91 Å². The first-order chi connectivity index (χ1) is 10.3. The zero-order valence-electron chi connectivity index (χ0n) is 12.5. The second-order valence-electron chi connectivity index (χ2n) is 6.19. The summed E-state index contributed by atoms with van der Waals surface area (Å²) in [5.74, 6) is 1.28. The van der Waals surface area contributed by atoms with Crippen LogP contribution in [0.1, 0.15) is 29.9 Å². The molecule has 1 amide bonds. The molecule has 2 aliphatic carbocycles. The monoisotopic (exact) mass is 288 g/mol. The van der Waals surface area contributed by atoms with E-state index in [9.17, 15) is 4.79 Å². The summed E-state index contributed by atoms with van der Waals surface area (Å²) >= 11 is 0. The summed E-state index contributed by atoms with van der Waals surface area (Å²) in [6.07, 6.45) is 3.00. The third-order valence-electron chi connectivity index (χ3n) is 4.86. The number of carbonyl (C=O) groups excluding carboxylic acids is 1. The standard InChI is InChI=1S/C17H24N2O2/c1-21-10-12(8-9-18)19-17(20)16-14-7-6-11-4-2-3-5-13(11)15(14)16/h2-5,12,14-16H,6-10,18H2,1H3,(H,19,20). The van der Waals surface area contributed by atoms with Gasteiger partial charge < -0.3 is 15.8 Å². The number of ether oxygens (including phenoxy) is 1. The van der Waals surface area contributed by atoms with Crippen LogP contribution in [0, 0.1) is 11.8 Å². The molecular formula is C17H24N2O2. The Bertz CT molecular complexity index is 511. The third kappa shape index (κ3) is 2.83. The van der Waals surface area contributed by atoms with Gasteiger partial charge in [0, 0.05) is 13.0 Å². The fraction of sp³-hybridized carbons (Fsp3) is 0.588. The molecule has 3 N–H and O–H groups in total. The van der Waals surface area contributed by atoms with Crippen LogP contribution in [0.3, 0.4) is 0 Å². The SMILES string of the molecule is COCC(CCN)NC(=O)C1C2CCc3ccccc3C21. The number of hydrogen-bond acceptors (Lipinski definition) is 3. The average Bonchev–Trinajstić information content (AvgIpc) is 3.23. The van der Waals surface area contributed by atoms with Crippen molar-refractivity contribution in [2.75, 3.05) is 20.3 Å². The minimum absolute atomic E-state index is 0.0328. The highest BCUT2D eigenvalue weighted by atomic mass is 16.5. The molecule has 4 atom stereocenters. The molecular weight excluding hydrogens is 264 g/mol. The molecule has 21 heavy (non-hydrogen) atoms. The van der Waals surface area contributed by atoms with Crippen molar-refractivity contribution in [1.29, 1.82) is 0 Å². The molecule has 2 aliphatic rings. The van der Waals surface area contributed by atoms with E-state index in [1.807, 2.05) is 0 Å². The van der Waals surface area contributed by atoms with E-state index in [1.54, 1.807) is 7.11 Å². The van der Waals surface area contributed by atoms with Gasteiger partial charge in [-0.3, -0.25) is 4.79 Å². The van der Waals surface area contributed by atoms with Gasteiger partial charge >= 0.3 is 0 Å². The first-order valence-corrected chi connectivity index (χ1v) is 7.83. The lowest BCUT2D eigenvalue weighted by Gasteiger charge is -2.17. The Hall–Kier alpha value is -1.39. The second kappa shape index (κ2) is 6.16. The molecule has 4 nitrogen and oxygen atoms in total. The fourth-order valence-corrected chi connectivity index (χ4v) is 3.82. The molecule has 3 rings (SSSR count). The number of aryl methyl sites for hydroxylation is 1. The topological polar surface area (TPSA) is 64.3 Å². The van der Waals surface area contributed by atoms with E-state index in [0.29, 0.717) is 25.0 Å². The van der Waals surface area contributed by atoms with Gasteiger partial charge in [-0.15, -0.1) is 0 Å². The maximum absolute atomic E-state index is 12.5. The molecule has 0 radical (unpaired) electrons. The van der Waals surface area contributed by atoms with Crippen molar-refractivity contribution in [3.8, 4) is 0 Å². The van der Waals surface area contributed by atoms with Crippen molar-refractivity contribution in [3.63, 3.8) is 0 Å². The molecule has 4 heteroatoms. The van der Waals surface area contributed by atoms with Gasteiger partial charge in [0.05, 0.1) is 12.6 Å². The Balaban J connectivity index is 1.65. The number of methoxy groups -OCH3 is 1. The summed E-state index contributed by atoms with van der Waals surface area (Å²) in [6.45, 7) is 1.09. The van der Waals surface area contributed by atoms with Crippen LogP contribution in [0.5, 0.6) is 0 Å². The molecule has 0 spiro atoms. The number of hydrogen-bond donors (Lipinski definition) is 2. The quantitative estimate of drug-likeness (QED) is 0.832. The van der Waals surface area contributed by atoms with E-state index in [4.69, 9.17) is 10.5 Å². The number of carbonyl (C=O) groups is 1. The van der Waals surface area contributed by atoms with E-state index in [0.717, 1.165) is 19.3 Å². The van der Waals surface area contributed by atoms with Crippen LogP contribution in [0.4, 0.5) is 0 Å². The minimum atomic E-state index is 0.0328. The molecule has 0 aromatic heterocycles. The molecule has 0 saturated heterocycles. The number of nitrogens with two attached hydrogens (primary N) is 1. The van der Waals surface area contributed by atoms with Crippen LogP contribution in [0.2, 0.25) is 0 Å². The van der Waals surface area contributed by atoms with E-state index >= 15 is 0 Å². The Morgan fingerprint density at radius 3 is 3.05 bits per heavy atom. The number of nitrogens with one attached hydrogen (secondary N) is 1. The Morgan fingerprint density at radius 1 is 1.48 bits per heavy atom. The first-order valence-electron chi connectivity index (χ1n) is 7.83. The highest BCUT2D eigenvalue weighted by Crippen LogP contribution is 2.59. The van der Waals surface area contributed by atoms with E-state index < -0.39 is 0 Å². The normalized spacial score (nSPS) is 27.4. The lowest BCUT2D eigenvalue weighted by molar-refractivity contribution is -0.123. The summed E-state index contributed by atoms with van der Waals surface area (Å²) in [4.78, 5) is 12.5. The molecule has 0 heterocycles. The first kappa shape index (κ1) is 14.5. The van der Waals surface area contributed by atoms with Gasteiger partial charge in [0.1, 0.15) is 0 Å². The second-order valence-corrected chi connectivity index (χ2v) is 6.19. The smallest absolute Gasteiger partial charge is 0.224 e. The van der Waals surface area contributed by atoms with Crippen LogP contribution < -0.4 is 11.1 Å². The molecule has 0 aliphatic heterocycles. The van der Waals surface area contributed by atoms with E-state index in [-0.39, 0.29) is 17.9 Å². The maximum atomic E-state index is 12.5. The van der Waals surface area contributed by atoms with Crippen molar-refractivity contribution in [1.82, 2.24) is 5.32 Å². The lowest BCUT2D eigenvalue weighted by Crippen LogP contribution is -2.40. The van der Waals surface area contributed by atoms with Crippen molar-refractivity contribution in [2.24, 2.45) is 17.6 Å². The van der Waals surface area contributed by atoms with Crippen LogP contribution in [-0.2, 0) is 16.0 Å². The number of fused-ring (bicyclic) bond motifs is 3. The number of rotatable bonds is 6. The van der Waals surface area contributed by atoms with Gasteiger partial charge in [0.25, 0.3) is 0 Å². The predicted octanol–water partition coefficient (Wildman–Crippen LogP) is 1.44. The Labute approximate surface area is 126 Å². The summed E-state index contributed by atoms with van der Waals surface area (Å²) in [6, 6.07) is 8.58. The van der Waals surface area contributed by atoms with Gasteiger partial charge in [-0.05, 0) is 48.8 Å². The molecule has 1 fully saturated rings. The largest absolute Gasteiger partial charge is 0.383 e. The highest BCUT2D eigenvalue weighted by molar-refractivity contribution is 5.84. The van der Waals surface area contributed by atoms with Crippen molar-refractivity contribution < 1.29 is 9.53 Å². The van der Waals surface area contributed by atoms with E-state index in [2.05, 4.69) is 29.6 Å². The maximum Gasteiger partial charge on any atom is 0.224 e. The highest BCUT2D eigenvalue weighted by Gasteiger charge is 2.57. The van der Waals surface area contributed by atoms with Crippen LogP contribution in [-0.4, -0.2) is 32.2 Å². The number of benzene rings is 1. The summed E-state index contributed by atoms with van der Waals surface area (Å²) < 4.78 is 5.16. The molecule has 1 saturated carbocycles. The third-order valence-corrected chi connectivity index (χ3v) is 4.86. The zero-order valence-corrected chi connectivity index (χ0v) is 12.5. The molecule has 1 aromatic carbocycles. The predicted molar refractivity (Wildman–Crippen MR) is 82.0 cm³/mol. The average molecular weight is 288 g/mol. The summed E-state index contributed by atoms with van der Waals surface area (Å²) in [5.41, 5.74) is 8.41. The molecule has 0 bridgehead atoms. The van der Waals surface area contributed by atoms with Gasteiger partial charge in [-0.1, -0.05) is 24.3 Å². The fourth-order valence-electron chi connectivity index (χ4n) is 3.82. The van der Waals surface area contributed by atoms with Gasteiger partial charge in [0.15, 0.2) is 0 Å². The lowest BCUT2D eigenvalue weighted by atomic mass is 9.92. The van der Waals surface area contributed by atoms with Crippen LogP contribution in [0.25, 0.3) is 0 Å². The number of amides is 1. The van der Waals surface area contributed by atoms with Crippen LogP contribution >= 0.6 is 0 Å². The van der Waals surface area contributed by atoms with Crippen molar-refractivity contribution in [2.45, 2.75) is 31.2 Å². The minimum Gasteiger partial charge on any atom is -0.383 e. The summed E-state index contributed by atoms with van der Waals surface area (Å²) in [7, 11) is 1.66. The van der Waals surface area contributed by atoms with Gasteiger partial charge in [-0.25, -0.2) is 0 Å².